The van der Waals surface area contributed by atoms with E-state index in [4.69, 9.17) is 0 Å². The smallest absolute Gasteiger partial charge is 0.250 e. The molecule has 0 aromatic heterocycles. The Bertz CT molecular complexity index is 101. The second kappa shape index (κ2) is 6.33. The first-order valence-corrected chi connectivity index (χ1v) is 3.56. The topological polar surface area (TPSA) is 0 Å². The van der Waals surface area contributed by atoms with Crippen LogP contribution in [-0.4, -0.2) is 24.8 Å². The van der Waals surface area contributed by atoms with Crippen molar-refractivity contribution in [3.8, 4) is 0 Å². The molecule has 0 aliphatic heterocycles. The fourth-order valence-electron chi connectivity index (χ4n) is 0.227. The van der Waals surface area contributed by atoms with Gasteiger partial charge in [0.25, 0.3) is 0 Å². The van der Waals surface area contributed by atoms with Gasteiger partial charge in [-0.1, -0.05) is 0 Å². The average molecular weight is 232 g/mol. The summed E-state index contributed by atoms with van der Waals surface area (Å²) in [6.07, 6.45) is -13.0. The van der Waals surface area contributed by atoms with E-state index in [1.54, 1.807) is 0 Å². The van der Waals surface area contributed by atoms with E-state index in [-0.39, 0.29) is 6.67 Å². The van der Waals surface area contributed by atoms with Gasteiger partial charge in [0.05, 0.1) is 6.67 Å². The minimum Gasteiger partial charge on any atom is -0.250 e. The van der Waals surface area contributed by atoms with Crippen molar-refractivity contribution in [1.82, 2.24) is 0 Å². The molecule has 0 heterocycles. The van der Waals surface area contributed by atoms with E-state index in [1.807, 2.05) is 0 Å². The number of hydrogen-bond acceptors (Lipinski definition) is 1. The van der Waals surface area contributed by atoms with E-state index in [0.717, 1.165) is 0 Å². The molecule has 0 atom stereocenters. The lowest BCUT2D eigenvalue weighted by Gasteiger charge is -2.08. The Labute approximate surface area is 75.5 Å². The predicted molar refractivity (Wildman–Crippen MR) is 36.6 cm³/mol. The van der Waals surface area contributed by atoms with Crippen LogP contribution in [0.1, 0.15) is 6.42 Å². The van der Waals surface area contributed by atoms with Gasteiger partial charge >= 0.3 is 12.4 Å². The van der Waals surface area contributed by atoms with E-state index < -0.39 is 18.8 Å². The Hall–Kier alpha value is -0.140. The van der Waals surface area contributed by atoms with Crippen molar-refractivity contribution in [3.05, 3.63) is 0 Å². The van der Waals surface area contributed by atoms with E-state index in [1.165, 1.54) is 0 Å². The molecule has 0 nitrogen and oxygen atoms in total. The zero-order valence-corrected chi connectivity index (χ0v) is 7.11. The van der Waals surface area contributed by atoms with E-state index in [2.05, 4.69) is 12.6 Å². The van der Waals surface area contributed by atoms with Gasteiger partial charge in [-0.3, -0.25) is 4.39 Å². The van der Waals surface area contributed by atoms with Crippen molar-refractivity contribution >= 4 is 12.6 Å². The van der Waals surface area contributed by atoms with Crippen LogP contribution in [0.2, 0.25) is 0 Å². The summed E-state index contributed by atoms with van der Waals surface area (Å²) in [5, 5.41) is 0. The van der Waals surface area contributed by atoms with Gasteiger partial charge < -0.3 is 0 Å². The molecule has 0 rings (SSSR count). The first kappa shape index (κ1) is 15.3. The van der Waals surface area contributed by atoms with Crippen LogP contribution in [0.4, 0.5) is 30.7 Å². The summed E-state index contributed by atoms with van der Waals surface area (Å²) in [6.45, 7) is -0.316. The lowest BCUT2D eigenvalue weighted by atomic mass is 10.4. The fraction of sp³-hybridized carbons (Fsp3) is 1.00. The van der Waals surface area contributed by atoms with Crippen LogP contribution in [0.25, 0.3) is 0 Å². The van der Waals surface area contributed by atoms with Crippen LogP contribution in [0.15, 0.2) is 0 Å². The van der Waals surface area contributed by atoms with E-state index in [9.17, 15) is 30.7 Å². The third kappa shape index (κ3) is 24.5. The highest BCUT2D eigenvalue weighted by Gasteiger charge is 2.43. The number of rotatable bonds is 1. The molecular weight excluding hydrogens is 225 g/mol. The summed E-state index contributed by atoms with van der Waals surface area (Å²) >= 11 is 3.55. The molecule has 0 spiro atoms. The SMILES string of the molecule is FC(F)(F)CC(F)(F)F.FCCS. The monoisotopic (exact) mass is 232 g/mol. The summed E-state index contributed by atoms with van der Waals surface area (Å²) in [5.74, 6) is 0.347. The Morgan fingerprint density at radius 3 is 1.08 bits per heavy atom. The minimum absolute atomic E-state index is 0.316. The predicted octanol–water partition coefficient (Wildman–Crippen LogP) is 3.39. The molecule has 0 aliphatic rings. The number of thiol groups is 1. The Morgan fingerprint density at radius 1 is 0.846 bits per heavy atom. The summed E-state index contributed by atoms with van der Waals surface area (Å²) in [5.41, 5.74) is 0. The van der Waals surface area contributed by atoms with Crippen molar-refractivity contribution in [2.75, 3.05) is 12.4 Å². The second-order valence-electron chi connectivity index (χ2n) is 1.82. The van der Waals surface area contributed by atoms with Gasteiger partial charge in [0.2, 0.25) is 0 Å². The molecule has 0 aromatic carbocycles. The number of alkyl halides is 7. The van der Waals surface area contributed by atoms with Crippen LogP contribution in [0.3, 0.4) is 0 Å². The van der Waals surface area contributed by atoms with Crippen LogP contribution >= 0.6 is 12.6 Å². The third-order valence-corrected chi connectivity index (χ3v) is 0.654. The summed E-state index contributed by atoms with van der Waals surface area (Å²) in [4.78, 5) is 0. The Balaban J connectivity index is 0. The highest BCUT2D eigenvalue weighted by molar-refractivity contribution is 7.80. The van der Waals surface area contributed by atoms with Crippen LogP contribution in [-0.2, 0) is 0 Å². The zero-order chi connectivity index (χ0) is 11.1. The van der Waals surface area contributed by atoms with E-state index >= 15 is 0 Å². The summed E-state index contributed by atoms with van der Waals surface area (Å²) in [7, 11) is 0. The van der Waals surface area contributed by atoms with Crippen LogP contribution < -0.4 is 0 Å². The van der Waals surface area contributed by atoms with Gasteiger partial charge in [-0.2, -0.15) is 39.0 Å². The van der Waals surface area contributed by atoms with E-state index in [0.29, 0.717) is 5.75 Å². The maximum atomic E-state index is 10.8. The molecule has 0 unspecified atom stereocenters. The maximum Gasteiger partial charge on any atom is 0.397 e. The molecule has 0 saturated carbocycles. The molecule has 8 heteroatoms. The highest BCUT2D eigenvalue weighted by Crippen LogP contribution is 2.31. The largest absolute Gasteiger partial charge is 0.397 e. The van der Waals surface area contributed by atoms with Crippen molar-refractivity contribution in [2.45, 2.75) is 18.8 Å². The molecular formula is C5H7F7S. The van der Waals surface area contributed by atoms with Crippen molar-refractivity contribution in [3.63, 3.8) is 0 Å². The lowest BCUT2D eigenvalue weighted by Crippen LogP contribution is -2.20. The minimum atomic E-state index is -5.14. The number of halogens is 7. The molecule has 13 heavy (non-hydrogen) atoms. The van der Waals surface area contributed by atoms with Crippen LogP contribution in [0.5, 0.6) is 0 Å². The van der Waals surface area contributed by atoms with Crippen molar-refractivity contribution < 1.29 is 30.7 Å². The molecule has 0 bridgehead atoms. The second-order valence-corrected chi connectivity index (χ2v) is 2.27. The summed E-state index contributed by atoms with van der Waals surface area (Å²) < 4.78 is 75.6. The van der Waals surface area contributed by atoms with Gasteiger partial charge in [0.1, 0.15) is 6.42 Å². The van der Waals surface area contributed by atoms with Gasteiger partial charge in [-0.15, -0.1) is 0 Å². The van der Waals surface area contributed by atoms with Gasteiger partial charge in [0, 0.05) is 5.75 Å². The average Bonchev–Trinajstić information content (AvgIpc) is 1.80. The molecule has 0 amide bonds. The standard InChI is InChI=1S/C3H2F6.C2H5FS/c4-2(5,6)1-3(7,8)9;3-1-2-4/h1H2;4H,1-2H2. The fourth-order valence-corrected chi connectivity index (χ4v) is 0.227. The van der Waals surface area contributed by atoms with Crippen molar-refractivity contribution in [2.24, 2.45) is 0 Å². The molecule has 0 fully saturated rings. The molecule has 82 valence electrons. The quantitative estimate of drug-likeness (QED) is 0.520. The summed E-state index contributed by atoms with van der Waals surface area (Å²) in [6, 6.07) is 0. The third-order valence-electron chi connectivity index (χ3n) is 0.485. The normalized spacial score (nSPS) is 12.0. The first-order chi connectivity index (χ1) is 5.62. The molecule has 0 N–H and O–H groups in total. The van der Waals surface area contributed by atoms with Gasteiger partial charge in [-0.25, -0.2) is 0 Å². The maximum absolute atomic E-state index is 10.8. The van der Waals surface area contributed by atoms with Gasteiger partial charge in [-0.05, 0) is 0 Å². The number of hydrogen-bond donors (Lipinski definition) is 1. The molecule has 0 aromatic rings. The molecule has 0 saturated heterocycles. The zero-order valence-electron chi connectivity index (χ0n) is 6.21. The van der Waals surface area contributed by atoms with Crippen molar-refractivity contribution in [1.29, 1.82) is 0 Å². The van der Waals surface area contributed by atoms with Crippen LogP contribution in [0, 0.1) is 0 Å². The first-order valence-electron chi connectivity index (χ1n) is 2.92. The molecule has 0 aliphatic carbocycles. The molecule has 0 radical (unpaired) electrons. The Morgan fingerprint density at radius 2 is 1.08 bits per heavy atom. The Kier molecular flexibility index (Phi) is 7.47. The highest BCUT2D eigenvalue weighted by atomic mass is 32.1. The lowest BCUT2D eigenvalue weighted by molar-refractivity contribution is -0.232. The van der Waals surface area contributed by atoms with Gasteiger partial charge in [0.15, 0.2) is 0 Å².